The van der Waals surface area contributed by atoms with E-state index in [0.717, 1.165) is 18.5 Å². The van der Waals surface area contributed by atoms with E-state index >= 15 is 0 Å². The number of ether oxygens (including phenoxy) is 1. The Morgan fingerprint density at radius 3 is 2.71 bits per heavy atom. The summed E-state index contributed by atoms with van der Waals surface area (Å²) in [5.74, 6) is -0.947. The quantitative estimate of drug-likeness (QED) is 0.871. The van der Waals surface area contributed by atoms with E-state index in [1.54, 1.807) is 12.1 Å². The fraction of sp³-hybridized carbons (Fsp3) is 0.538. The minimum absolute atomic E-state index is 0.214. The van der Waals surface area contributed by atoms with Crippen molar-refractivity contribution in [2.45, 2.75) is 44.8 Å². The molecule has 2 rings (SSSR count). The van der Waals surface area contributed by atoms with Gasteiger partial charge in [0.2, 0.25) is 0 Å². The van der Waals surface area contributed by atoms with Crippen LogP contribution in [0.25, 0.3) is 0 Å². The number of carboxylic acids is 1. The molecule has 17 heavy (non-hydrogen) atoms. The van der Waals surface area contributed by atoms with Crippen molar-refractivity contribution in [2.24, 2.45) is 0 Å². The largest absolute Gasteiger partial charge is 0.478 e. The fourth-order valence-electron chi connectivity index (χ4n) is 2.07. The number of aromatic carboxylic acids is 1. The molecule has 0 atom stereocenters. The summed E-state index contributed by atoms with van der Waals surface area (Å²) < 4.78 is 5.76. The van der Waals surface area contributed by atoms with Gasteiger partial charge in [-0.3, -0.25) is 4.98 Å². The van der Waals surface area contributed by atoms with E-state index in [-0.39, 0.29) is 5.56 Å². The summed E-state index contributed by atoms with van der Waals surface area (Å²) in [5.41, 5.74) is 1.01. The lowest BCUT2D eigenvalue weighted by Crippen LogP contribution is -2.16. The molecule has 4 nitrogen and oxygen atoms in total. The van der Waals surface area contributed by atoms with Crippen molar-refractivity contribution in [3.05, 3.63) is 29.6 Å². The summed E-state index contributed by atoms with van der Waals surface area (Å²) in [4.78, 5) is 14.7. The van der Waals surface area contributed by atoms with Gasteiger partial charge in [-0.1, -0.05) is 19.3 Å². The number of hydrogen-bond acceptors (Lipinski definition) is 3. The third-order valence-electron chi connectivity index (χ3n) is 3.09. The number of pyridine rings is 1. The number of rotatable bonds is 4. The molecule has 1 aromatic heterocycles. The van der Waals surface area contributed by atoms with Gasteiger partial charge in [-0.25, -0.2) is 4.79 Å². The summed E-state index contributed by atoms with van der Waals surface area (Å²) in [5, 5.41) is 8.74. The second-order valence-electron chi connectivity index (χ2n) is 4.41. The summed E-state index contributed by atoms with van der Waals surface area (Å²) in [7, 11) is 0. The number of hydrogen-bond donors (Lipinski definition) is 1. The minimum atomic E-state index is -0.947. The summed E-state index contributed by atoms with van der Waals surface area (Å²) in [6, 6.07) is 3.28. The Bertz CT molecular complexity index is 369. The topological polar surface area (TPSA) is 59.4 Å². The lowest BCUT2D eigenvalue weighted by atomic mass is 9.98. The Kier molecular flexibility index (Phi) is 4.09. The Labute approximate surface area is 101 Å². The van der Waals surface area contributed by atoms with E-state index in [9.17, 15) is 4.79 Å². The molecular weight excluding hydrogens is 218 g/mol. The zero-order valence-corrected chi connectivity index (χ0v) is 9.76. The maximum atomic E-state index is 10.6. The van der Waals surface area contributed by atoms with Crippen LogP contribution in [0.2, 0.25) is 0 Å². The Hall–Kier alpha value is -1.42. The van der Waals surface area contributed by atoms with Crippen molar-refractivity contribution < 1.29 is 14.6 Å². The van der Waals surface area contributed by atoms with Gasteiger partial charge in [0.25, 0.3) is 0 Å². The van der Waals surface area contributed by atoms with Crippen LogP contribution in [0, 0.1) is 0 Å². The maximum absolute atomic E-state index is 10.6. The van der Waals surface area contributed by atoms with E-state index in [4.69, 9.17) is 9.84 Å². The number of carboxylic acid groups (broad SMARTS) is 1. The highest BCUT2D eigenvalue weighted by molar-refractivity contribution is 5.87. The molecular formula is C13H17NO3. The molecule has 0 aliphatic heterocycles. The molecule has 92 valence electrons. The van der Waals surface area contributed by atoms with Crippen molar-refractivity contribution in [1.82, 2.24) is 4.98 Å². The average molecular weight is 235 g/mol. The molecule has 1 fully saturated rings. The average Bonchev–Trinajstić information content (AvgIpc) is 2.38. The molecule has 1 N–H and O–H groups in total. The predicted molar refractivity (Wildman–Crippen MR) is 62.9 cm³/mol. The van der Waals surface area contributed by atoms with Crippen LogP contribution < -0.4 is 0 Å². The first-order valence-electron chi connectivity index (χ1n) is 6.05. The first-order chi connectivity index (χ1) is 8.25. The van der Waals surface area contributed by atoms with Crippen LogP contribution >= 0.6 is 0 Å². The lowest BCUT2D eigenvalue weighted by molar-refractivity contribution is 0.0152. The van der Waals surface area contributed by atoms with Gasteiger partial charge in [0.15, 0.2) is 0 Å². The minimum Gasteiger partial charge on any atom is -0.478 e. The molecule has 0 aromatic carbocycles. The predicted octanol–water partition coefficient (Wildman–Crippen LogP) is 2.63. The standard InChI is InChI=1S/C13H17NO3/c15-13(16)10-6-7-11(14-8-10)9-17-12-4-2-1-3-5-12/h6-8,12H,1-5,9H2,(H,15,16). The van der Waals surface area contributed by atoms with E-state index < -0.39 is 5.97 Å². The van der Waals surface area contributed by atoms with E-state index in [0.29, 0.717) is 12.7 Å². The Balaban J connectivity index is 1.84. The number of aromatic nitrogens is 1. The molecule has 1 heterocycles. The molecule has 0 unspecified atom stereocenters. The summed E-state index contributed by atoms with van der Waals surface area (Å²) in [6.07, 6.45) is 7.80. The second-order valence-corrected chi connectivity index (χ2v) is 4.41. The molecule has 0 spiro atoms. The Morgan fingerprint density at radius 2 is 2.12 bits per heavy atom. The first-order valence-corrected chi connectivity index (χ1v) is 6.05. The molecule has 1 aromatic rings. The van der Waals surface area contributed by atoms with Gasteiger partial charge in [-0.05, 0) is 25.0 Å². The zero-order valence-electron chi connectivity index (χ0n) is 9.76. The number of carbonyl (C=O) groups is 1. The van der Waals surface area contributed by atoms with Crippen molar-refractivity contribution in [3.8, 4) is 0 Å². The van der Waals surface area contributed by atoms with Crippen LogP contribution in [0.15, 0.2) is 18.3 Å². The highest BCUT2D eigenvalue weighted by Crippen LogP contribution is 2.21. The molecule has 0 radical (unpaired) electrons. The molecule has 4 heteroatoms. The summed E-state index contributed by atoms with van der Waals surface area (Å²) >= 11 is 0. The molecule has 1 aliphatic carbocycles. The van der Waals surface area contributed by atoms with Crippen molar-refractivity contribution in [1.29, 1.82) is 0 Å². The lowest BCUT2D eigenvalue weighted by Gasteiger charge is -2.21. The molecule has 0 saturated heterocycles. The van der Waals surface area contributed by atoms with Crippen LogP contribution in [0.5, 0.6) is 0 Å². The highest BCUT2D eigenvalue weighted by atomic mass is 16.5. The van der Waals surface area contributed by atoms with Crippen LogP contribution in [0.4, 0.5) is 0 Å². The highest BCUT2D eigenvalue weighted by Gasteiger charge is 2.13. The normalized spacial score (nSPS) is 16.9. The van der Waals surface area contributed by atoms with Crippen LogP contribution in [-0.2, 0) is 11.3 Å². The van der Waals surface area contributed by atoms with Crippen LogP contribution in [0.1, 0.15) is 48.2 Å². The molecule has 1 saturated carbocycles. The third kappa shape index (κ3) is 3.53. The van der Waals surface area contributed by atoms with E-state index in [2.05, 4.69) is 4.98 Å². The van der Waals surface area contributed by atoms with Gasteiger partial charge < -0.3 is 9.84 Å². The van der Waals surface area contributed by atoms with Crippen LogP contribution in [-0.4, -0.2) is 22.2 Å². The van der Waals surface area contributed by atoms with E-state index in [1.165, 1.54) is 25.5 Å². The fourth-order valence-corrected chi connectivity index (χ4v) is 2.07. The monoisotopic (exact) mass is 235 g/mol. The van der Waals surface area contributed by atoms with Crippen molar-refractivity contribution in [2.75, 3.05) is 0 Å². The van der Waals surface area contributed by atoms with Crippen molar-refractivity contribution in [3.63, 3.8) is 0 Å². The SMILES string of the molecule is O=C(O)c1ccc(COC2CCCCC2)nc1. The Morgan fingerprint density at radius 1 is 1.35 bits per heavy atom. The molecule has 0 amide bonds. The first kappa shape index (κ1) is 12.0. The molecule has 0 bridgehead atoms. The van der Waals surface area contributed by atoms with Gasteiger partial charge in [-0.2, -0.15) is 0 Å². The van der Waals surface area contributed by atoms with Gasteiger partial charge >= 0.3 is 5.97 Å². The van der Waals surface area contributed by atoms with Crippen LogP contribution in [0.3, 0.4) is 0 Å². The smallest absolute Gasteiger partial charge is 0.337 e. The van der Waals surface area contributed by atoms with Gasteiger partial charge in [-0.15, -0.1) is 0 Å². The van der Waals surface area contributed by atoms with E-state index in [1.807, 2.05) is 0 Å². The summed E-state index contributed by atoms with van der Waals surface area (Å²) in [6.45, 7) is 0.477. The maximum Gasteiger partial charge on any atom is 0.337 e. The third-order valence-corrected chi connectivity index (χ3v) is 3.09. The second kappa shape index (κ2) is 5.77. The molecule has 1 aliphatic rings. The zero-order chi connectivity index (χ0) is 12.1. The van der Waals surface area contributed by atoms with Gasteiger partial charge in [0.1, 0.15) is 0 Å². The van der Waals surface area contributed by atoms with Gasteiger partial charge in [0.05, 0.1) is 24.0 Å². The van der Waals surface area contributed by atoms with Crippen molar-refractivity contribution >= 4 is 5.97 Å². The number of nitrogens with zero attached hydrogens (tertiary/aromatic N) is 1. The van der Waals surface area contributed by atoms with Gasteiger partial charge in [0, 0.05) is 6.20 Å².